The zero-order chi connectivity index (χ0) is 12.8. The highest BCUT2D eigenvalue weighted by Crippen LogP contribution is 2.26. The third-order valence-corrected chi connectivity index (χ3v) is 4.45. The van der Waals surface area contributed by atoms with Gasteiger partial charge in [-0.2, -0.15) is 0 Å². The van der Waals surface area contributed by atoms with Gasteiger partial charge in [0, 0.05) is 39.3 Å². The van der Waals surface area contributed by atoms with Crippen LogP contribution in [0.1, 0.15) is 12.8 Å². The van der Waals surface area contributed by atoms with Crippen LogP contribution >= 0.6 is 23.2 Å². The smallest absolute Gasteiger partial charge is 0.183 e. The Bertz CT molecular complexity index is 248. The van der Waals surface area contributed by atoms with E-state index in [9.17, 15) is 0 Å². The molecule has 106 valence electrons. The van der Waals surface area contributed by atoms with E-state index >= 15 is 0 Å². The van der Waals surface area contributed by atoms with Crippen molar-refractivity contribution in [3.05, 3.63) is 0 Å². The Hall–Kier alpha value is 0.420. The molecule has 4 nitrogen and oxygen atoms in total. The Labute approximate surface area is 120 Å². The zero-order valence-electron chi connectivity index (χ0n) is 10.9. The van der Waals surface area contributed by atoms with Gasteiger partial charge in [-0.1, -0.05) is 23.2 Å². The number of fused-ring (bicyclic) bond motifs is 3. The molecule has 0 saturated carbocycles. The van der Waals surface area contributed by atoms with E-state index in [1.54, 1.807) is 0 Å². The minimum atomic E-state index is -0.776. The summed E-state index contributed by atoms with van der Waals surface area (Å²) in [6, 6.07) is 0. The van der Waals surface area contributed by atoms with Crippen molar-refractivity contribution in [3.8, 4) is 0 Å². The second-order valence-electron chi connectivity index (χ2n) is 5.13. The van der Waals surface area contributed by atoms with Crippen LogP contribution in [-0.2, 0) is 0 Å². The number of hydrogen-bond acceptors (Lipinski definition) is 4. The predicted molar refractivity (Wildman–Crippen MR) is 77.4 cm³/mol. The molecule has 0 spiro atoms. The minimum Gasteiger partial charge on any atom is -0.315 e. The van der Waals surface area contributed by atoms with Crippen molar-refractivity contribution in [3.63, 3.8) is 0 Å². The average molecular weight is 295 g/mol. The van der Waals surface area contributed by atoms with Crippen molar-refractivity contribution in [2.45, 2.75) is 17.3 Å². The van der Waals surface area contributed by atoms with Crippen LogP contribution in [0.3, 0.4) is 0 Å². The van der Waals surface area contributed by atoms with E-state index in [4.69, 9.17) is 23.2 Å². The van der Waals surface area contributed by atoms with E-state index < -0.39 is 4.46 Å². The van der Waals surface area contributed by atoms with Gasteiger partial charge in [0.05, 0.1) is 0 Å². The number of nitrogens with one attached hydrogen (secondary N) is 2. The van der Waals surface area contributed by atoms with Crippen molar-refractivity contribution in [2.75, 3.05) is 58.9 Å². The Morgan fingerprint density at radius 2 is 1.56 bits per heavy atom. The molecule has 2 unspecified atom stereocenters. The lowest BCUT2D eigenvalue weighted by Crippen LogP contribution is -2.52. The van der Waals surface area contributed by atoms with Gasteiger partial charge in [-0.15, -0.1) is 0 Å². The molecule has 2 N–H and O–H groups in total. The maximum Gasteiger partial charge on any atom is 0.183 e. The van der Waals surface area contributed by atoms with E-state index in [1.807, 2.05) is 0 Å². The van der Waals surface area contributed by atoms with Crippen LogP contribution < -0.4 is 10.6 Å². The largest absolute Gasteiger partial charge is 0.315 e. The lowest BCUT2D eigenvalue weighted by Gasteiger charge is -2.38. The second-order valence-corrected chi connectivity index (χ2v) is 6.57. The number of halogens is 2. The highest BCUT2D eigenvalue weighted by molar-refractivity contribution is 6.48. The highest BCUT2D eigenvalue weighted by atomic mass is 35.5. The van der Waals surface area contributed by atoms with Crippen molar-refractivity contribution < 1.29 is 0 Å². The van der Waals surface area contributed by atoms with Gasteiger partial charge >= 0.3 is 0 Å². The molecule has 2 rings (SSSR count). The normalized spacial score (nSPS) is 35.0. The summed E-state index contributed by atoms with van der Waals surface area (Å²) in [7, 11) is 0. The van der Waals surface area contributed by atoms with Crippen LogP contribution in [0.4, 0.5) is 0 Å². The molecule has 0 aromatic heterocycles. The summed E-state index contributed by atoms with van der Waals surface area (Å²) < 4.78 is -0.776. The molecule has 2 aliphatic heterocycles. The summed E-state index contributed by atoms with van der Waals surface area (Å²) in [5, 5.41) is 6.85. The van der Waals surface area contributed by atoms with Crippen LogP contribution in [0.5, 0.6) is 0 Å². The van der Waals surface area contributed by atoms with Gasteiger partial charge in [0.1, 0.15) is 0 Å². The van der Waals surface area contributed by atoms with Gasteiger partial charge in [-0.05, 0) is 32.5 Å². The molecule has 0 radical (unpaired) electrons. The Morgan fingerprint density at radius 1 is 0.778 bits per heavy atom. The molecule has 6 heteroatoms. The highest BCUT2D eigenvalue weighted by Gasteiger charge is 2.32. The van der Waals surface area contributed by atoms with Crippen molar-refractivity contribution in [1.82, 2.24) is 20.4 Å². The van der Waals surface area contributed by atoms with Gasteiger partial charge in [-0.25, -0.2) is 0 Å². The summed E-state index contributed by atoms with van der Waals surface area (Å²) in [5.41, 5.74) is 0. The zero-order valence-corrected chi connectivity index (χ0v) is 12.4. The topological polar surface area (TPSA) is 30.5 Å². The van der Waals surface area contributed by atoms with E-state index in [-0.39, 0.29) is 0 Å². The molecular weight excluding hydrogens is 271 g/mol. The first-order valence-electron chi connectivity index (χ1n) is 6.95. The van der Waals surface area contributed by atoms with Gasteiger partial charge in [0.2, 0.25) is 0 Å². The standard InChI is InChI=1S/C12H24Cl2N4/c13-12(14)11-16-4-1-6-17-8-5-15-3-2-7-18(12)10-9-17/h15-16H,1-11H2. The van der Waals surface area contributed by atoms with E-state index in [0.29, 0.717) is 6.54 Å². The lowest BCUT2D eigenvalue weighted by molar-refractivity contribution is 0.156. The maximum atomic E-state index is 6.48. The molecule has 2 saturated heterocycles. The lowest BCUT2D eigenvalue weighted by atomic mass is 10.2. The van der Waals surface area contributed by atoms with Crippen LogP contribution in [-0.4, -0.2) is 73.2 Å². The maximum absolute atomic E-state index is 6.48. The fourth-order valence-electron chi connectivity index (χ4n) is 2.57. The average Bonchev–Trinajstić information content (AvgIpc) is 2.35. The summed E-state index contributed by atoms with van der Waals surface area (Å²) in [4.78, 5) is 4.70. The van der Waals surface area contributed by atoms with Gasteiger partial charge in [0.25, 0.3) is 0 Å². The van der Waals surface area contributed by atoms with E-state index in [1.165, 1.54) is 0 Å². The molecule has 2 bridgehead atoms. The van der Waals surface area contributed by atoms with Gasteiger partial charge in [0.15, 0.2) is 4.46 Å². The van der Waals surface area contributed by atoms with Crippen molar-refractivity contribution in [2.24, 2.45) is 0 Å². The Morgan fingerprint density at radius 3 is 2.44 bits per heavy atom. The number of hydrogen-bond donors (Lipinski definition) is 2. The molecule has 0 amide bonds. The fraction of sp³-hybridized carbons (Fsp3) is 1.00. The molecule has 2 heterocycles. The van der Waals surface area contributed by atoms with E-state index in [2.05, 4.69) is 20.4 Å². The fourth-order valence-corrected chi connectivity index (χ4v) is 3.10. The van der Waals surface area contributed by atoms with Crippen LogP contribution in [0.15, 0.2) is 0 Å². The monoisotopic (exact) mass is 294 g/mol. The Balaban J connectivity index is 2.03. The number of nitrogens with zero attached hydrogens (tertiary/aromatic N) is 2. The molecule has 2 aliphatic rings. The summed E-state index contributed by atoms with van der Waals surface area (Å²) in [6.07, 6.45) is 2.26. The second kappa shape index (κ2) is 7.27. The third kappa shape index (κ3) is 4.51. The first kappa shape index (κ1) is 14.8. The van der Waals surface area contributed by atoms with Crippen LogP contribution in [0.2, 0.25) is 0 Å². The SMILES string of the molecule is ClC1(Cl)CNCCCN2CCNCCCN1CC2. The number of alkyl halides is 2. The molecule has 2 fully saturated rings. The minimum absolute atomic E-state index is 0.642. The van der Waals surface area contributed by atoms with Gasteiger partial charge < -0.3 is 15.5 Å². The molecule has 0 aromatic carbocycles. The molecule has 18 heavy (non-hydrogen) atoms. The first-order chi connectivity index (χ1) is 8.68. The molecular formula is C12H24Cl2N4. The van der Waals surface area contributed by atoms with Gasteiger partial charge in [-0.3, -0.25) is 4.90 Å². The summed E-state index contributed by atoms with van der Waals surface area (Å²) >= 11 is 13.0. The van der Waals surface area contributed by atoms with Crippen molar-refractivity contribution >= 4 is 23.2 Å². The third-order valence-electron chi connectivity index (χ3n) is 3.70. The van der Waals surface area contributed by atoms with Crippen LogP contribution in [0, 0.1) is 0 Å². The quantitative estimate of drug-likeness (QED) is 0.509. The summed E-state index contributed by atoms with van der Waals surface area (Å²) in [6.45, 7) is 8.99. The predicted octanol–water partition coefficient (Wildman–Crippen LogP) is 0.708. The van der Waals surface area contributed by atoms with Crippen LogP contribution in [0.25, 0.3) is 0 Å². The number of rotatable bonds is 0. The Kier molecular flexibility index (Phi) is 5.98. The molecule has 0 aromatic rings. The molecule has 2 atom stereocenters. The summed E-state index contributed by atoms with van der Waals surface area (Å²) in [5.74, 6) is 0. The first-order valence-corrected chi connectivity index (χ1v) is 7.71. The van der Waals surface area contributed by atoms with E-state index in [0.717, 1.165) is 65.2 Å². The molecule has 0 aliphatic carbocycles. The van der Waals surface area contributed by atoms with Crippen molar-refractivity contribution in [1.29, 1.82) is 0 Å².